The van der Waals surface area contributed by atoms with Crippen molar-refractivity contribution in [1.82, 2.24) is 0 Å². The van der Waals surface area contributed by atoms with Gasteiger partial charge in [-0.05, 0) is 25.5 Å². The molecule has 0 aliphatic rings. The maximum absolute atomic E-state index is 11.1. The van der Waals surface area contributed by atoms with E-state index in [0.29, 0.717) is 12.2 Å². The van der Waals surface area contributed by atoms with E-state index in [2.05, 4.69) is 0 Å². The molecule has 0 atom stereocenters. The minimum absolute atomic E-state index is 0.123. The van der Waals surface area contributed by atoms with Crippen LogP contribution in [0.5, 0.6) is 11.5 Å². The number of methoxy groups -OCH3 is 2. The van der Waals surface area contributed by atoms with E-state index in [-0.39, 0.29) is 5.78 Å². The molecule has 0 fully saturated rings. The van der Waals surface area contributed by atoms with Crippen LogP contribution < -0.4 is 9.47 Å². The second-order valence-electron chi connectivity index (χ2n) is 3.51. The van der Waals surface area contributed by atoms with Gasteiger partial charge in [-0.3, -0.25) is 4.79 Å². The summed E-state index contributed by atoms with van der Waals surface area (Å²) in [5.41, 5.74) is 1.91. The number of ether oxygens (including phenoxy) is 2. The fourth-order valence-electron chi connectivity index (χ4n) is 1.55. The summed E-state index contributed by atoms with van der Waals surface area (Å²) in [6.45, 7) is 3.51. The van der Waals surface area contributed by atoms with Gasteiger partial charge in [-0.2, -0.15) is 0 Å². The second kappa shape index (κ2) is 4.82. The fraction of sp³-hybridized carbons (Fsp3) is 0.417. The number of Topliss-reactive ketones (excluding diaryl/α,β-unsaturated/α-hetero) is 1. The number of rotatable bonds is 4. The molecular weight excluding hydrogens is 192 g/mol. The summed E-state index contributed by atoms with van der Waals surface area (Å²) in [6.07, 6.45) is 0.397. The summed E-state index contributed by atoms with van der Waals surface area (Å²) in [5, 5.41) is 0. The van der Waals surface area contributed by atoms with Crippen molar-refractivity contribution in [2.24, 2.45) is 0 Å². The van der Waals surface area contributed by atoms with Crippen molar-refractivity contribution in [3.63, 3.8) is 0 Å². The molecule has 0 unspecified atom stereocenters. The molecule has 3 heteroatoms. The Balaban J connectivity index is 3.15. The van der Waals surface area contributed by atoms with E-state index in [0.717, 1.165) is 16.9 Å². The van der Waals surface area contributed by atoms with Crippen molar-refractivity contribution in [2.45, 2.75) is 20.3 Å². The van der Waals surface area contributed by atoms with Gasteiger partial charge in [-0.15, -0.1) is 0 Å². The number of aryl methyl sites for hydroxylation is 1. The molecule has 82 valence electrons. The van der Waals surface area contributed by atoms with Gasteiger partial charge < -0.3 is 9.47 Å². The number of ketones is 1. The van der Waals surface area contributed by atoms with Gasteiger partial charge >= 0.3 is 0 Å². The van der Waals surface area contributed by atoms with Crippen LogP contribution in [-0.4, -0.2) is 20.0 Å². The third-order valence-electron chi connectivity index (χ3n) is 2.24. The summed E-state index contributed by atoms with van der Waals surface area (Å²) in [7, 11) is 3.21. The van der Waals surface area contributed by atoms with Crippen molar-refractivity contribution in [2.75, 3.05) is 14.2 Å². The molecule has 15 heavy (non-hydrogen) atoms. The molecule has 0 saturated heterocycles. The molecule has 0 aliphatic carbocycles. The van der Waals surface area contributed by atoms with Crippen molar-refractivity contribution in [3.8, 4) is 11.5 Å². The average molecular weight is 208 g/mol. The summed E-state index contributed by atoms with van der Waals surface area (Å²) < 4.78 is 10.4. The number of carbonyl (C=O) groups is 1. The van der Waals surface area contributed by atoms with Crippen LogP contribution in [0.4, 0.5) is 0 Å². The minimum Gasteiger partial charge on any atom is -0.496 e. The topological polar surface area (TPSA) is 35.5 Å². The lowest BCUT2D eigenvalue weighted by atomic mass is 10.0. The van der Waals surface area contributed by atoms with Gasteiger partial charge in [0.1, 0.15) is 17.3 Å². The highest BCUT2D eigenvalue weighted by atomic mass is 16.5. The zero-order valence-electron chi connectivity index (χ0n) is 9.59. The fourth-order valence-corrected chi connectivity index (χ4v) is 1.55. The van der Waals surface area contributed by atoms with Crippen molar-refractivity contribution in [1.29, 1.82) is 0 Å². The van der Waals surface area contributed by atoms with Crippen LogP contribution >= 0.6 is 0 Å². The van der Waals surface area contributed by atoms with Crippen LogP contribution in [-0.2, 0) is 11.2 Å². The van der Waals surface area contributed by atoms with E-state index >= 15 is 0 Å². The van der Waals surface area contributed by atoms with Gasteiger partial charge in [-0.25, -0.2) is 0 Å². The first-order chi connectivity index (χ1) is 7.08. The third kappa shape index (κ3) is 2.72. The van der Waals surface area contributed by atoms with Crippen molar-refractivity contribution in [3.05, 3.63) is 23.3 Å². The lowest BCUT2D eigenvalue weighted by Crippen LogP contribution is -2.01. The molecule has 1 aromatic rings. The van der Waals surface area contributed by atoms with E-state index in [4.69, 9.17) is 9.47 Å². The average Bonchev–Trinajstić information content (AvgIpc) is 2.17. The Hall–Kier alpha value is -1.51. The molecule has 0 bridgehead atoms. The Morgan fingerprint density at radius 3 is 2.27 bits per heavy atom. The third-order valence-corrected chi connectivity index (χ3v) is 2.24. The Bertz CT molecular complexity index is 369. The van der Waals surface area contributed by atoms with Crippen molar-refractivity contribution < 1.29 is 14.3 Å². The van der Waals surface area contributed by atoms with E-state index in [9.17, 15) is 4.79 Å². The zero-order valence-corrected chi connectivity index (χ0v) is 9.59. The second-order valence-corrected chi connectivity index (χ2v) is 3.51. The first kappa shape index (κ1) is 11.6. The number of benzene rings is 1. The molecule has 0 spiro atoms. The number of carbonyl (C=O) groups excluding carboxylic acids is 1. The van der Waals surface area contributed by atoms with E-state index in [1.165, 1.54) is 0 Å². The molecule has 3 nitrogen and oxygen atoms in total. The molecule has 1 rings (SSSR count). The Morgan fingerprint density at radius 2 is 1.80 bits per heavy atom. The summed E-state index contributed by atoms with van der Waals surface area (Å²) in [6, 6.07) is 3.74. The van der Waals surface area contributed by atoms with Gasteiger partial charge in [0.2, 0.25) is 0 Å². The maximum Gasteiger partial charge on any atom is 0.134 e. The largest absolute Gasteiger partial charge is 0.496 e. The highest BCUT2D eigenvalue weighted by Gasteiger charge is 2.09. The van der Waals surface area contributed by atoms with Gasteiger partial charge in [0, 0.05) is 18.1 Å². The predicted molar refractivity (Wildman–Crippen MR) is 58.7 cm³/mol. The van der Waals surface area contributed by atoms with Gasteiger partial charge in [0.15, 0.2) is 0 Å². The molecule has 0 aliphatic heterocycles. The van der Waals surface area contributed by atoms with E-state index in [1.54, 1.807) is 21.1 Å². The van der Waals surface area contributed by atoms with E-state index in [1.807, 2.05) is 19.1 Å². The SMILES string of the molecule is COc1cc(OC)c(CC(C)=O)cc1C. The number of hydrogen-bond acceptors (Lipinski definition) is 3. The monoisotopic (exact) mass is 208 g/mol. The van der Waals surface area contributed by atoms with Crippen LogP contribution in [0.25, 0.3) is 0 Å². The van der Waals surface area contributed by atoms with Crippen LogP contribution in [0, 0.1) is 6.92 Å². The molecule has 1 aromatic carbocycles. The molecule has 0 aromatic heterocycles. The summed E-state index contributed by atoms with van der Waals surface area (Å²) in [5.74, 6) is 1.60. The Labute approximate surface area is 90.0 Å². The lowest BCUT2D eigenvalue weighted by molar-refractivity contribution is -0.116. The normalized spacial score (nSPS) is 9.87. The van der Waals surface area contributed by atoms with Crippen LogP contribution in [0.2, 0.25) is 0 Å². The predicted octanol–water partition coefficient (Wildman–Crippen LogP) is 2.14. The summed E-state index contributed by atoms with van der Waals surface area (Å²) >= 11 is 0. The highest BCUT2D eigenvalue weighted by Crippen LogP contribution is 2.28. The Kier molecular flexibility index (Phi) is 3.72. The number of hydrogen-bond donors (Lipinski definition) is 0. The van der Waals surface area contributed by atoms with Gasteiger partial charge in [-0.1, -0.05) is 0 Å². The Morgan fingerprint density at radius 1 is 1.20 bits per heavy atom. The molecule has 0 amide bonds. The molecule has 0 N–H and O–H groups in total. The van der Waals surface area contributed by atoms with Crippen LogP contribution in [0.3, 0.4) is 0 Å². The summed E-state index contributed by atoms with van der Waals surface area (Å²) in [4.78, 5) is 11.1. The van der Waals surface area contributed by atoms with Crippen LogP contribution in [0.15, 0.2) is 12.1 Å². The molecule has 0 radical (unpaired) electrons. The molecule has 0 heterocycles. The van der Waals surface area contributed by atoms with E-state index < -0.39 is 0 Å². The van der Waals surface area contributed by atoms with Crippen LogP contribution in [0.1, 0.15) is 18.1 Å². The van der Waals surface area contributed by atoms with Gasteiger partial charge in [0.25, 0.3) is 0 Å². The smallest absolute Gasteiger partial charge is 0.134 e. The van der Waals surface area contributed by atoms with Gasteiger partial charge in [0.05, 0.1) is 14.2 Å². The molecule has 0 saturated carbocycles. The quantitative estimate of drug-likeness (QED) is 0.760. The lowest BCUT2D eigenvalue weighted by Gasteiger charge is -2.11. The first-order valence-electron chi connectivity index (χ1n) is 4.79. The molecular formula is C12H16O3. The maximum atomic E-state index is 11.1. The first-order valence-corrected chi connectivity index (χ1v) is 4.79. The highest BCUT2D eigenvalue weighted by molar-refractivity contribution is 5.79. The standard InChI is InChI=1S/C12H16O3/c1-8-5-10(6-9(2)13)12(15-4)7-11(8)14-3/h5,7H,6H2,1-4H3. The zero-order chi connectivity index (χ0) is 11.4. The van der Waals surface area contributed by atoms with Crippen molar-refractivity contribution >= 4 is 5.78 Å². The minimum atomic E-state index is 0.123.